The predicted molar refractivity (Wildman–Crippen MR) is 330 cm³/mol. The number of methoxy groups -OCH3 is 2. The van der Waals surface area contributed by atoms with Gasteiger partial charge in [-0.1, -0.05) is 253 Å². The fraction of sp³-hybridized carbons (Fsp3) is 0.500. The van der Waals surface area contributed by atoms with Gasteiger partial charge >= 0.3 is 0 Å². The fourth-order valence-electron chi connectivity index (χ4n) is 12.1. The summed E-state index contributed by atoms with van der Waals surface area (Å²) < 4.78 is 20.3. The molecule has 0 saturated carbocycles. The molecule has 0 amide bonds. The fourth-order valence-corrected chi connectivity index (χ4v) is 12.1. The summed E-state index contributed by atoms with van der Waals surface area (Å²) in [6, 6.07) is 54.4. The number of hydrogen-bond donors (Lipinski definition) is 0. The quantitative estimate of drug-likeness (QED) is 0.0366. The zero-order valence-electron chi connectivity index (χ0n) is 48.8. The van der Waals surface area contributed by atoms with Crippen molar-refractivity contribution in [2.24, 2.45) is 0 Å². The van der Waals surface area contributed by atoms with Crippen molar-refractivity contribution in [1.82, 2.24) is 0 Å². The minimum absolute atomic E-state index is 0.805. The molecule has 414 valence electrons. The molecule has 5 nitrogen and oxygen atoms in total. The molecule has 0 unspecified atom stereocenters. The van der Waals surface area contributed by atoms with Crippen LogP contribution in [0.2, 0.25) is 0 Å². The second-order valence-corrected chi connectivity index (χ2v) is 22.2. The second-order valence-electron chi connectivity index (χ2n) is 22.2. The van der Waals surface area contributed by atoms with Gasteiger partial charge in [0.2, 0.25) is 0 Å². The smallest absolute Gasteiger partial charge is 0.146 e. The van der Waals surface area contributed by atoms with Crippen LogP contribution in [0, 0.1) is 0 Å². The average molecular weight is 1040 g/mol. The van der Waals surface area contributed by atoms with Gasteiger partial charge in [-0.25, -0.2) is 0 Å². The van der Waals surface area contributed by atoms with Crippen LogP contribution in [0.1, 0.15) is 215 Å². The van der Waals surface area contributed by atoms with E-state index in [1.54, 1.807) is 14.2 Å². The predicted octanol–water partition coefficient (Wildman–Crippen LogP) is 20.0. The lowest BCUT2D eigenvalue weighted by Crippen LogP contribution is -2.43. The Hall–Kier alpha value is -5.52. The molecule has 6 aromatic carbocycles. The van der Waals surface area contributed by atoms with Gasteiger partial charge in [0.1, 0.15) is 22.7 Å². The molecule has 0 aliphatic carbocycles. The summed E-state index contributed by atoms with van der Waals surface area (Å²) >= 11 is 0. The molecule has 0 saturated heterocycles. The van der Waals surface area contributed by atoms with Crippen LogP contribution in [-0.2, 0) is 15.9 Å². The Morgan fingerprint density at radius 1 is 0.312 bits per heavy atom. The number of hydrogen-bond acceptors (Lipinski definition) is 5. The molecular weight excluding hydrogens is 941 g/mol. The van der Waals surface area contributed by atoms with Gasteiger partial charge in [0.15, 0.2) is 0 Å². The first-order valence-electron chi connectivity index (χ1n) is 30.9. The first-order chi connectivity index (χ1) is 38.0. The summed E-state index contributed by atoms with van der Waals surface area (Å²) in [5.74, 6) is 1.61. The number of fused-ring (bicyclic) bond motifs is 3. The maximum atomic E-state index is 8.67. The van der Waals surface area contributed by atoms with Gasteiger partial charge in [0, 0.05) is 48.7 Å². The largest absolute Gasteiger partial charge is 0.497 e. The number of nitrogens with zero attached hydrogens (tertiary/aromatic N) is 2. The molecule has 1 aliphatic heterocycles. The van der Waals surface area contributed by atoms with E-state index in [4.69, 9.17) is 14.2 Å². The summed E-state index contributed by atoms with van der Waals surface area (Å²) in [5, 5.41) is 0. The lowest BCUT2D eigenvalue weighted by Gasteiger charge is -2.45. The summed E-state index contributed by atoms with van der Waals surface area (Å²) in [6.07, 6.45) is 31.0. The van der Waals surface area contributed by atoms with E-state index in [0.29, 0.717) is 0 Å². The third kappa shape index (κ3) is 15.4. The molecule has 1 aliphatic rings. The van der Waals surface area contributed by atoms with Crippen molar-refractivity contribution < 1.29 is 14.2 Å². The Kier molecular flexibility index (Phi) is 24.4. The van der Waals surface area contributed by atoms with Crippen molar-refractivity contribution in [2.45, 2.75) is 193 Å². The number of rotatable bonds is 36. The molecule has 5 heteroatoms. The normalized spacial score (nSPS) is 13.4. The monoisotopic (exact) mass is 1040 g/mol. The van der Waals surface area contributed by atoms with Crippen LogP contribution in [0.3, 0.4) is 0 Å². The average Bonchev–Trinajstić information content (AvgIpc) is 3.77. The van der Waals surface area contributed by atoms with Gasteiger partial charge in [-0.05, 0) is 108 Å². The minimum Gasteiger partial charge on any atom is -0.497 e. The summed E-state index contributed by atoms with van der Waals surface area (Å²) in [4.78, 5) is 5.37. The molecule has 0 radical (unpaired) electrons. The molecule has 0 aromatic heterocycles. The lowest BCUT2D eigenvalue weighted by molar-refractivity contribution is -0.0787. The summed E-state index contributed by atoms with van der Waals surface area (Å²) in [5.41, 5.74) is 9.20. The van der Waals surface area contributed by atoms with Crippen molar-refractivity contribution in [2.75, 3.05) is 50.2 Å². The highest BCUT2D eigenvalue weighted by Crippen LogP contribution is 2.58. The molecule has 0 atom stereocenters. The maximum Gasteiger partial charge on any atom is 0.146 e. The van der Waals surface area contributed by atoms with E-state index in [1.807, 2.05) is 0 Å². The van der Waals surface area contributed by atoms with Crippen LogP contribution in [0.25, 0.3) is 11.1 Å². The lowest BCUT2D eigenvalue weighted by atomic mass is 9.77. The molecule has 1 heterocycles. The van der Waals surface area contributed by atoms with Gasteiger partial charge in [-0.15, -0.1) is 0 Å². The molecule has 77 heavy (non-hydrogen) atoms. The van der Waals surface area contributed by atoms with Gasteiger partial charge in [-0.3, -0.25) is 0 Å². The van der Waals surface area contributed by atoms with Crippen LogP contribution in [0.4, 0.5) is 11.4 Å². The molecule has 0 fully saturated rings. The van der Waals surface area contributed by atoms with E-state index in [2.05, 4.69) is 183 Å². The highest BCUT2D eigenvalue weighted by molar-refractivity contribution is 5.79. The molecule has 0 spiro atoms. The highest BCUT2D eigenvalue weighted by Gasteiger charge is 2.53. The third-order valence-corrected chi connectivity index (χ3v) is 16.6. The standard InChI is InChI=1S/C72H98N2O3/c1-7-11-15-19-23-31-55-73(56-32-24-20-16-12-8-2)63-47-39-59(40-48-63)71(60-41-49-64(50-42-60)74(57-33-25-21-17-13-9-3)58-34-26-22-18-14-10-4)69-37-29-27-35-67(69)68-36-28-30-38-70(68)72(77-71,61-43-51-65(75-5)52-44-61)62-45-53-66(76-6)54-46-62/h27-30,35-54H,7-26,31-34,55-58H2,1-6H3. The van der Waals surface area contributed by atoms with E-state index in [0.717, 1.165) is 76.6 Å². The van der Waals surface area contributed by atoms with E-state index in [-0.39, 0.29) is 0 Å². The van der Waals surface area contributed by atoms with Crippen molar-refractivity contribution in [3.63, 3.8) is 0 Å². The maximum absolute atomic E-state index is 8.67. The van der Waals surface area contributed by atoms with E-state index in [1.165, 1.54) is 171 Å². The van der Waals surface area contributed by atoms with Crippen LogP contribution in [0.15, 0.2) is 146 Å². The summed E-state index contributed by atoms with van der Waals surface area (Å²) in [7, 11) is 3.48. The number of anilines is 2. The number of unbranched alkanes of at least 4 members (excludes halogenated alkanes) is 20. The first kappa shape index (κ1) is 59.1. The van der Waals surface area contributed by atoms with Crippen LogP contribution < -0.4 is 19.3 Å². The first-order valence-corrected chi connectivity index (χ1v) is 30.9. The van der Waals surface area contributed by atoms with Crippen molar-refractivity contribution in [1.29, 1.82) is 0 Å². The number of benzene rings is 6. The highest BCUT2D eigenvalue weighted by atomic mass is 16.5. The van der Waals surface area contributed by atoms with Crippen molar-refractivity contribution in [3.05, 3.63) is 179 Å². The van der Waals surface area contributed by atoms with Crippen LogP contribution in [0.5, 0.6) is 11.5 Å². The second kappa shape index (κ2) is 31.8. The van der Waals surface area contributed by atoms with Crippen LogP contribution in [-0.4, -0.2) is 40.4 Å². The third-order valence-electron chi connectivity index (χ3n) is 16.6. The number of ether oxygens (including phenoxy) is 3. The molecule has 7 rings (SSSR count). The van der Waals surface area contributed by atoms with E-state index in [9.17, 15) is 0 Å². The van der Waals surface area contributed by atoms with Crippen molar-refractivity contribution >= 4 is 11.4 Å². The van der Waals surface area contributed by atoms with Crippen molar-refractivity contribution in [3.8, 4) is 22.6 Å². The minimum atomic E-state index is -1.10. The van der Waals surface area contributed by atoms with Crippen LogP contribution >= 0.6 is 0 Å². The van der Waals surface area contributed by atoms with Gasteiger partial charge < -0.3 is 24.0 Å². The van der Waals surface area contributed by atoms with E-state index < -0.39 is 11.2 Å². The topological polar surface area (TPSA) is 34.2 Å². The van der Waals surface area contributed by atoms with Gasteiger partial charge in [0.05, 0.1) is 14.2 Å². The SMILES string of the molecule is CCCCCCCCN(CCCCCCCC)c1ccc(C2(c3ccc(N(CCCCCCCC)CCCCCCCC)cc3)OC(c3ccc(OC)cc3)(c3ccc(OC)cc3)c3ccccc3-c3ccccc32)cc1. The van der Waals surface area contributed by atoms with Gasteiger partial charge in [-0.2, -0.15) is 0 Å². The Labute approximate surface area is 468 Å². The molecule has 6 aromatic rings. The summed E-state index contributed by atoms with van der Waals surface area (Å²) in [6.45, 7) is 13.5. The molecule has 0 bridgehead atoms. The zero-order valence-corrected chi connectivity index (χ0v) is 48.8. The molecule has 0 N–H and O–H groups in total. The van der Waals surface area contributed by atoms with Gasteiger partial charge in [0.25, 0.3) is 0 Å². The zero-order chi connectivity index (χ0) is 54.0. The Bertz CT molecular complexity index is 2390. The molecular formula is C72H98N2O3. The van der Waals surface area contributed by atoms with E-state index >= 15 is 0 Å². The Morgan fingerprint density at radius 2 is 0.571 bits per heavy atom. The Morgan fingerprint density at radius 3 is 0.857 bits per heavy atom. The Balaban J connectivity index is 1.41.